The molecule has 2 heterocycles. The minimum atomic E-state index is -0.285. The van der Waals surface area contributed by atoms with Crippen molar-refractivity contribution < 1.29 is 9.59 Å². The maximum absolute atomic E-state index is 13.7. The molecule has 202 valence electrons. The highest BCUT2D eigenvalue weighted by Crippen LogP contribution is 2.43. The van der Waals surface area contributed by atoms with E-state index < -0.39 is 0 Å². The van der Waals surface area contributed by atoms with Gasteiger partial charge in [-0.1, -0.05) is 61.9 Å². The molecule has 1 aromatic heterocycles. The lowest BCUT2D eigenvalue weighted by atomic mass is 9.87. The van der Waals surface area contributed by atoms with Gasteiger partial charge in [-0.05, 0) is 55.7 Å². The normalized spacial score (nSPS) is 19.1. The van der Waals surface area contributed by atoms with Crippen LogP contribution < -0.4 is 0 Å². The van der Waals surface area contributed by atoms with E-state index in [4.69, 9.17) is 5.10 Å². The van der Waals surface area contributed by atoms with Crippen LogP contribution in [-0.2, 0) is 22.4 Å². The van der Waals surface area contributed by atoms with Gasteiger partial charge in [0, 0.05) is 49.9 Å². The predicted octanol–water partition coefficient (Wildman–Crippen LogP) is 5.89. The molecule has 0 unspecified atom stereocenters. The number of hydrogen-bond donors (Lipinski definition) is 0. The number of aryl methyl sites for hydroxylation is 2. The zero-order valence-corrected chi connectivity index (χ0v) is 23.9. The van der Waals surface area contributed by atoms with Crippen molar-refractivity contribution >= 4 is 24.1 Å². The fourth-order valence-electron chi connectivity index (χ4n) is 5.72. The monoisotopic (exact) mass is 534 g/mol. The highest BCUT2D eigenvalue weighted by Gasteiger charge is 2.44. The number of aromatic nitrogens is 3. The second kappa shape index (κ2) is 11.4. The number of hydrogen-bond acceptors (Lipinski definition) is 4. The zero-order chi connectivity index (χ0) is 26.3. The third-order valence-corrected chi connectivity index (χ3v) is 7.86. The van der Waals surface area contributed by atoms with E-state index in [1.54, 1.807) is 6.92 Å². The van der Waals surface area contributed by atoms with E-state index in [1.165, 1.54) is 11.1 Å². The van der Waals surface area contributed by atoms with Crippen molar-refractivity contribution in [2.75, 3.05) is 13.1 Å². The van der Waals surface area contributed by atoms with Crippen LogP contribution in [0.3, 0.4) is 0 Å². The smallest absolute Gasteiger partial charge is 0.219 e. The average molecular weight is 535 g/mol. The molecule has 1 saturated carbocycles. The Morgan fingerprint density at radius 2 is 1.71 bits per heavy atom. The summed E-state index contributed by atoms with van der Waals surface area (Å²) in [6, 6.07) is 15.3. The van der Waals surface area contributed by atoms with Crippen LogP contribution in [0.4, 0.5) is 0 Å². The molecule has 3 aromatic rings. The fourth-order valence-corrected chi connectivity index (χ4v) is 5.72. The first kappa shape index (κ1) is 28.0. The van der Waals surface area contributed by atoms with Crippen LogP contribution in [0.15, 0.2) is 42.5 Å². The first-order chi connectivity index (χ1) is 17.7. The van der Waals surface area contributed by atoms with E-state index in [0.29, 0.717) is 31.5 Å². The molecule has 1 amide bonds. The number of carbonyl (C=O) groups is 2. The highest BCUT2D eigenvalue weighted by molar-refractivity contribution is 5.86. The molecule has 1 aliphatic carbocycles. The van der Waals surface area contributed by atoms with Gasteiger partial charge in [-0.2, -0.15) is 0 Å². The molecule has 1 aliphatic heterocycles. The maximum Gasteiger partial charge on any atom is 0.219 e. The molecule has 2 aromatic carbocycles. The van der Waals surface area contributed by atoms with E-state index in [0.717, 1.165) is 47.6 Å². The third kappa shape index (κ3) is 5.85. The summed E-state index contributed by atoms with van der Waals surface area (Å²) < 4.78 is 2.27. The summed E-state index contributed by atoms with van der Waals surface area (Å²) in [5.74, 6) is 2.08. The predicted molar refractivity (Wildman–Crippen MR) is 153 cm³/mol. The van der Waals surface area contributed by atoms with Crippen LogP contribution >= 0.6 is 12.4 Å². The molecule has 2 fully saturated rings. The Morgan fingerprint density at radius 1 is 1.00 bits per heavy atom. The summed E-state index contributed by atoms with van der Waals surface area (Å²) in [5.41, 5.74) is 5.76. The summed E-state index contributed by atoms with van der Waals surface area (Å²) in [5, 5.41) is 9.34. The Morgan fingerprint density at radius 3 is 2.32 bits per heavy atom. The van der Waals surface area contributed by atoms with Crippen LogP contribution in [-0.4, -0.2) is 44.4 Å². The fraction of sp³-hybridized carbons (Fsp3) is 0.484. The summed E-state index contributed by atoms with van der Waals surface area (Å²) in [7, 11) is 0. The number of amides is 1. The molecule has 1 saturated heterocycles. The van der Waals surface area contributed by atoms with Crippen molar-refractivity contribution in [1.82, 2.24) is 19.7 Å². The van der Waals surface area contributed by atoms with Gasteiger partial charge in [0.1, 0.15) is 11.6 Å². The van der Waals surface area contributed by atoms with E-state index in [1.807, 2.05) is 4.90 Å². The van der Waals surface area contributed by atoms with Gasteiger partial charge in [0.2, 0.25) is 5.91 Å². The lowest BCUT2D eigenvalue weighted by molar-refractivity contribution is -0.128. The summed E-state index contributed by atoms with van der Waals surface area (Å²) in [6.07, 6.45) is 3.61. The minimum absolute atomic E-state index is 0. The Kier molecular flexibility index (Phi) is 8.41. The molecular weight excluding hydrogens is 496 g/mol. The van der Waals surface area contributed by atoms with Gasteiger partial charge in [-0.25, -0.2) is 0 Å². The number of rotatable bonds is 8. The molecule has 0 bridgehead atoms. The van der Waals surface area contributed by atoms with Gasteiger partial charge in [-0.15, -0.1) is 22.6 Å². The number of carbonyl (C=O) groups excluding carboxylic acids is 2. The molecule has 0 N–H and O–H groups in total. The Balaban J connectivity index is 0.00000336. The van der Waals surface area contributed by atoms with E-state index in [-0.39, 0.29) is 35.9 Å². The van der Waals surface area contributed by atoms with Crippen molar-refractivity contribution in [2.24, 2.45) is 11.8 Å². The number of halogens is 1. The maximum atomic E-state index is 13.7. The second-order valence-electron chi connectivity index (χ2n) is 11.5. The lowest BCUT2D eigenvalue weighted by Gasteiger charge is -2.19. The zero-order valence-electron chi connectivity index (χ0n) is 23.1. The second-order valence-corrected chi connectivity index (χ2v) is 11.5. The number of nitrogens with zero attached hydrogens (tertiary/aromatic N) is 4. The molecule has 7 heteroatoms. The molecule has 0 radical (unpaired) electrons. The largest absolute Gasteiger partial charge is 0.341 e. The van der Waals surface area contributed by atoms with Crippen LogP contribution in [0.5, 0.6) is 0 Å². The van der Waals surface area contributed by atoms with E-state index in [2.05, 4.69) is 79.8 Å². The van der Waals surface area contributed by atoms with E-state index >= 15 is 0 Å². The van der Waals surface area contributed by atoms with Gasteiger partial charge < -0.3 is 9.47 Å². The van der Waals surface area contributed by atoms with Gasteiger partial charge in [-0.3, -0.25) is 9.59 Å². The van der Waals surface area contributed by atoms with Gasteiger partial charge >= 0.3 is 0 Å². The average Bonchev–Trinajstić information content (AvgIpc) is 3.42. The molecule has 0 spiro atoms. The Hall–Kier alpha value is -2.99. The summed E-state index contributed by atoms with van der Waals surface area (Å²) in [4.78, 5) is 27.9. The summed E-state index contributed by atoms with van der Waals surface area (Å²) >= 11 is 0. The van der Waals surface area contributed by atoms with E-state index in [9.17, 15) is 9.59 Å². The van der Waals surface area contributed by atoms with Crippen molar-refractivity contribution in [3.05, 3.63) is 70.5 Å². The van der Waals surface area contributed by atoms with Gasteiger partial charge in [0.25, 0.3) is 0 Å². The SMILES string of the molecule is CC(=O)N1C[C@H](C(=O)Cc2ccc(C)cc2C)[C@@H](c2nnc(-c3ccc(CC(C)C)cc3)n2C2CC2)C1.Cl. The minimum Gasteiger partial charge on any atom is -0.341 e. The standard InChI is InChI=1S/C31H38N4O2.ClH/c1-19(2)14-23-7-10-24(11-8-23)30-32-33-31(35(30)26-12-13-26)28-18-34(22(5)36)17-27(28)29(37)16-25-9-6-20(3)15-21(25)4;/h6-11,15,19,26-28H,12-14,16-18H2,1-5H3;1H/t27-,28-;/m0./s1. The molecular formula is C31H39ClN4O2. The number of Topliss-reactive ketones (excluding diaryl/α,β-unsaturated/α-hetero) is 1. The van der Waals surface area contributed by atoms with Crippen LogP contribution in [0.1, 0.15) is 73.7 Å². The summed E-state index contributed by atoms with van der Waals surface area (Å²) in [6.45, 7) is 11.1. The highest BCUT2D eigenvalue weighted by atomic mass is 35.5. The molecule has 5 rings (SSSR count). The Bertz CT molecular complexity index is 1310. The lowest BCUT2D eigenvalue weighted by Crippen LogP contribution is -2.28. The first-order valence-corrected chi connectivity index (χ1v) is 13.6. The number of benzene rings is 2. The quantitative estimate of drug-likeness (QED) is 0.361. The van der Waals surface area contributed by atoms with Crippen molar-refractivity contribution in [3.63, 3.8) is 0 Å². The van der Waals surface area contributed by atoms with Gasteiger partial charge in [0.15, 0.2) is 5.82 Å². The topological polar surface area (TPSA) is 68.1 Å². The number of ketones is 1. The van der Waals surface area contributed by atoms with Crippen LogP contribution in [0.2, 0.25) is 0 Å². The molecule has 2 aliphatic rings. The van der Waals surface area contributed by atoms with Crippen molar-refractivity contribution in [3.8, 4) is 11.4 Å². The Labute approximate surface area is 232 Å². The van der Waals surface area contributed by atoms with Gasteiger partial charge in [0.05, 0.1) is 0 Å². The van der Waals surface area contributed by atoms with Crippen LogP contribution in [0.25, 0.3) is 11.4 Å². The molecule has 6 nitrogen and oxygen atoms in total. The van der Waals surface area contributed by atoms with Crippen molar-refractivity contribution in [2.45, 2.75) is 72.3 Å². The molecule has 2 atom stereocenters. The third-order valence-electron chi connectivity index (χ3n) is 7.86. The van der Waals surface area contributed by atoms with Crippen LogP contribution in [0, 0.1) is 25.7 Å². The van der Waals surface area contributed by atoms with Crippen molar-refractivity contribution in [1.29, 1.82) is 0 Å². The molecule has 38 heavy (non-hydrogen) atoms. The first-order valence-electron chi connectivity index (χ1n) is 13.6. The number of likely N-dealkylation sites (tertiary alicyclic amines) is 1.